The summed E-state index contributed by atoms with van der Waals surface area (Å²) in [4.78, 5) is 11.8. The molecule has 1 saturated heterocycles. The van der Waals surface area contributed by atoms with E-state index < -0.39 is 17.3 Å². The smallest absolute Gasteiger partial charge is 0.239 e. The fourth-order valence-electron chi connectivity index (χ4n) is 3.27. The van der Waals surface area contributed by atoms with Gasteiger partial charge in [0, 0.05) is 17.9 Å². The molecular formula is C16H20O5. The molecule has 0 bridgehead atoms. The lowest BCUT2D eigenvalue weighted by molar-refractivity contribution is -0.231. The van der Waals surface area contributed by atoms with Crippen LogP contribution in [0.15, 0.2) is 16.9 Å². The summed E-state index contributed by atoms with van der Waals surface area (Å²) in [5, 5.41) is 20.1. The van der Waals surface area contributed by atoms with Gasteiger partial charge in [0.2, 0.25) is 11.2 Å². The van der Waals surface area contributed by atoms with Crippen LogP contribution in [0.25, 0.3) is 0 Å². The van der Waals surface area contributed by atoms with Crippen LogP contribution in [0.1, 0.15) is 25.0 Å². The van der Waals surface area contributed by atoms with E-state index in [-0.39, 0.29) is 17.6 Å². The third-order valence-corrected chi connectivity index (χ3v) is 4.63. The van der Waals surface area contributed by atoms with Gasteiger partial charge in [-0.1, -0.05) is 13.8 Å². The zero-order valence-electron chi connectivity index (χ0n) is 12.4. The van der Waals surface area contributed by atoms with E-state index >= 15 is 0 Å². The summed E-state index contributed by atoms with van der Waals surface area (Å²) in [7, 11) is 0. The molecule has 3 rings (SSSR count). The first-order valence-electron chi connectivity index (χ1n) is 7.23. The van der Waals surface area contributed by atoms with Crippen LogP contribution in [0.5, 0.6) is 11.5 Å². The minimum atomic E-state index is -1.10. The number of aromatic hydroxyl groups is 1. The molecule has 0 amide bonds. The normalized spacial score (nSPS) is 34.6. The van der Waals surface area contributed by atoms with Crippen molar-refractivity contribution in [1.82, 2.24) is 0 Å². The lowest BCUT2D eigenvalue weighted by atomic mass is 9.83. The molecule has 1 aromatic carbocycles. The van der Waals surface area contributed by atoms with Gasteiger partial charge in [-0.25, -0.2) is 0 Å². The van der Waals surface area contributed by atoms with Gasteiger partial charge in [-0.05, 0) is 30.5 Å². The molecule has 2 heterocycles. The summed E-state index contributed by atoms with van der Waals surface area (Å²) >= 11 is 0. The number of ether oxygens (including phenoxy) is 2. The lowest BCUT2D eigenvalue weighted by Gasteiger charge is -2.42. The first-order valence-corrected chi connectivity index (χ1v) is 7.23. The summed E-state index contributed by atoms with van der Waals surface area (Å²) < 4.78 is 11.7. The highest BCUT2D eigenvalue weighted by atomic mass is 16.7. The minimum Gasteiger partial charge on any atom is -0.504 e. The molecule has 2 aliphatic rings. The summed E-state index contributed by atoms with van der Waals surface area (Å²) in [6.45, 7) is 6.13. The van der Waals surface area contributed by atoms with Crippen molar-refractivity contribution in [2.45, 2.75) is 39.1 Å². The number of rotatable bonds is 0. The molecule has 2 aliphatic heterocycles. The molecule has 5 nitrogen and oxygen atoms in total. The van der Waals surface area contributed by atoms with Crippen molar-refractivity contribution in [1.29, 1.82) is 0 Å². The largest absolute Gasteiger partial charge is 0.504 e. The number of fused-ring (bicyclic) bond motifs is 1. The molecule has 0 radical (unpaired) electrons. The quantitative estimate of drug-likeness (QED) is 0.755. The fourth-order valence-corrected chi connectivity index (χ4v) is 3.27. The van der Waals surface area contributed by atoms with Gasteiger partial charge in [-0.3, -0.25) is 4.79 Å². The molecule has 4 atom stereocenters. The number of hydrogen-bond acceptors (Lipinski definition) is 5. The maximum atomic E-state index is 11.8. The molecule has 0 unspecified atom stereocenters. The Morgan fingerprint density at radius 3 is 2.67 bits per heavy atom. The molecule has 5 heteroatoms. The average molecular weight is 292 g/mol. The molecule has 0 aliphatic carbocycles. The van der Waals surface area contributed by atoms with Gasteiger partial charge in [0.15, 0.2) is 5.75 Å². The number of aryl methyl sites for hydroxylation is 1. The second-order valence-electron chi connectivity index (χ2n) is 6.23. The van der Waals surface area contributed by atoms with E-state index in [0.29, 0.717) is 18.8 Å². The van der Waals surface area contributed by atoms with Crippen LogP contribution in [-0.4, -0.2) is 28.7 Å². The third-order valence-electron chi connectivity index (χ3n) is 4.63. The molecule has 0 saturated carbocycles. The van der Waals surface area contributed by atoms with Crippen LogP contribution in [0.3, 0.4) is 0 Å². The molecule has 114 valence electrons. The third kappa shape index (κ3) is 2.03. The molecular weight excluding hydrogens is 272 g/mol. The zero-order chi connectivity index (χ0) is 15.4. The van der Waals surface area contributed by atoms with Crippen LogP contribution in [0.4, 0.5) is 0 Å². The van der Waals surface area contributed by atoms with Gasteiger partial charge in [0.1, 0.15) is 11.9 Å². The van der Waals surface area contributed by atoms with E-state index in [1.165, 1.54) is 12.1 Å². The van der Waals surface area contributed by atoms with Crippen LogP contribution in [0, 0.1) is 18.8 Å². The summed E-state index contributed by atoms with van der Waals surface area (Å²) in [6.07, 6.45) is -0.117. The van der Waals surface area contributed by atoms with Crippen molar-refractivity contribution in [3.8, 4) is 11.5 Å². The van der Waals surface area contributed by atoms with E-state index in [0.717, 1.165) is 11.1 Å². The summed E-state index contributed by atoms with van der Waals surface area (Å²) in [6, 6.07) is 2.74. The SMILES string of the molecule is Cc1cc(O)c(=O)cc2c1C[C@@H](C)[C@@]1(OC[C@@H](C)[C@H]1O)O2. The highest BCUT2D eigenvalue weighted by Gasteiger charge is 2.55. The van der Waals surface area contributed by atoms with Crippen molar-refractivity contribution < 1.29 is 19.7 Å². The summed E-state index contributed by atoms with van der Waals surface area (Å²) in [5.74, 6) is -1.08. The lowest BCUT2D eigenvalue weighted by Crippen LogP contribution is -2.54. The monoisotopic (exact) mass is 292 g/mol. The molecule has 1 spiro atoms. The van der Waals surface area contributed by atoms with E-state index in [1.807, 2.05) is 20.8 Å². The van der Waals surface area contributed by atoms with Crippen molar-refractivity contribution in [3.63, 3.8) is 0 Å². The van der Waals surface area contributed by atoms with Crippen molar-refractivity contribution in [2.24, 2.45) is 11.8 Å². The maximum Gasteiger partial charge on any atom is 0.239 e. The summed E-state index contributed by atoms with van der Waals surface area (Å²) in [5.41, 5.74) is 1.18. The van der Waals surface area contributed by atoms with Gasteiger partial charge in [-0.2, -0.15) is 0 Å². The Labute approximate surface area is 123 Å². The Bertz CT molecular complexity index is 641. The molecule has 1 fully saturated rings. The van der Waals surface area contributed by atoms with Gasteiger partial charge in [0.05, 0.1) is 6.61 Å². The van der Waals surface area contributed by atoms with Crippen LogP contribution in [0.2, 0.25) is 0 Å². The molecule has 2 N–H and O–H groups in total. The topological polar surface area (TPSA) is 76.0 Å². The van der Waals surface area contributed by atoms with Gasteiger partial charge < -0.3 is 19.7 Å². The zero-order valence-corrected chi connectivity index (χ0v) is 12.4. The molecule has 1 aromatic rings. The van der Waals surface area contributed by atoms with Crippen LogP contribution >= 0.6 is 0 Å². The van der Waals surface area contributed by atoms with Crippen LogP contribution < -0.4 is 10.2 Å². The Balaban J connectivity index is 2.14. The average Bonchev–Trinajstić information content (AvgIpc) is 2.66. The van der Waals surface area contributed by atoms with E-state index in [4.69, 9.17) is 9.47 Å². The van der Waals surface area contributed by atoms with Gasteiger partial charge in [0.25, 0.3) is 0 Å². The Morgan fingerprint density at radius 1 is 1.33 bits per heavy atom. The van der Waals surface area contributed by atoms with Gasteiger partial charge in [-0.15, -0.1) is 0 Å². The van der Waals surface area contributed by atoms with E-state index in [1.54, 1.807) is 0 Å². The number of hydrogen-bond donors (Lipinski definition) is 2. The predicted octanol–water partition coefficient (Wildman–Crippen LogP) is 1.36. The van der Waals surface area contributed by atoms with Gasteiger partial charge >= 0.3 is 0 Å². The number of aliphatic hydroxyl groups is 1. The minimum absolute atomic E-state index is 0.0207. The highest BCUT2D eigenvalue weighted by molar-refractivity contribution is 5.44. The Kier molecular flexibility index (Phi) is 3.22. The maximum absolute atomic E-state index is 11.8. The highest BCUT2D eigenvalue weighted by Crippen LogP contribution is 2.45. The fraction of sp³-hybridized carbons (Fsp3) is 0.562. The molecule has 0 aromatic heterocycles. The van der Waals surface area contributed by atoms with Crippen LogP contribution in [-0.2, 0) is 11.2 Å². The predicted molar refractivity (Wildman–Crippen MR) is 76.5 cm³/mol. The Morgan fingerprint density at radius 2 is 2.05 bits per heavy atom. The first-order chi connectivity index (χ1) is 9.85. The second-order valence-corrected chi connectivity index (χ2v) is 6.23. The van der Waals surface area contributed by atoms with Crippen molar-refractivity contribution in [2.75, 3.05) is 6.61 Å². The van der Waals surface area contributed by atoms with E-state index in [9.17, 15) is 15.0 Å². The molecule has 21 heavy (non-hydrogen) atoms. The Hall–Kier alpha value is -1.59. The van der Waals surface area contributed by atoms with Crippen molar-refractivity contribution in [3.05, 3.63) is 33.5 Å². The standard InChI is InChI=1S/C16H20O5/c1-8-4-12(17)13(18)6-14-11(8)5-10(3)16(21-14)15(19)9(2)7-20-16/h4,6,9-10,15,19H,5,7H2,1-3H3,(H,17,18)/t9-,10-,15-,16-/m1/s1. The van der Waals surface area contributed by atoms with E-state index in [2.05, 4.69) is 0 Å². The first kappa shape index (κ1) is 14.4. The number of aliphatic hydroxyl groups excluding tert-OH is 1. The van der Waals surface area contributed by atoms with Crippen molar-refractivity contribution >= 4 is 0 Å². The second kappa shape index (κ2) is 4.71.